The molecule has 1 aliphatic carbocycles. The van der Waals surface area contributed by atoms with E-state index in [2.05, 4.69) is 45.4 Å². The molecule has 1 N–H and O–H groups in total. The molecule has 0 aromatic carbocycles. The van der Waals surface area contributed by atoms with Crippen molar-refractivity contribution >= 4 is 29.0 Å². The lowest BCUT2D eigenvalue weighted by Gasteiger charge is -2.11. The monoisotopic (exact) mass is 364 g/mol. The minimum Gasteiger partial charge on any atom is -0.353 e. The number of hydrogen-bond acceptors (Lipinski definition) is 5. The summed E-state index contributed by atoms with van der Waals surface area (Å²) in [6.07, 6.45) is 5.72. The van der Waals surface area contributed by atoms with Crippen LogP contribution in [0.3, 0.4) is 0 Å². The van der Waals surface area contributed by atoms with Crippen LogP contribution >= 0.6 is 23.1 Å². The normalized spacial score (nSPS) is 15.1. The summed E-state index contributed by atoms with van der Waals surface area (Å²) in [6.45, 7) is 5.04. The molecule has 2 aromatic heterocycles. The first kappa shape index (κ1) is 17.5. The van der Waals surface area contributed by atoms with Crippen molar-refractivity contribution < 1.29 is 4.79 Å². The fourth-order valence-electron chi connectivity index (χ4n) is 3.05. The molecule has 5 nitrogen and oxygen atoms in total. The van der Waals surface area contributed by atoms with Gasteiger partial charge in [0.2, 0.25) is 5.91 Å². The summed E-state index contributed by atoms with van der Waals surface area (Å²) in [5, 5.41) is 14.7. The molecule has 0 aliphatic heterocycles. The van der Waals surface area contributed by atoms with Gasteiger partial charge in [-0.1, -0.05) is 31.5 Å². The van der Waals surface area contributed by atoms with Crippen molar-refractivity contribution in [3.63, 3.8) is 0 Å². The molecule has 130 valence electrons. The molecule has 7 heteroatoms. The van der Waals surface area contributed by atoms with Gasteiger partial charge in [-0.3, -0.25) is 4.79 Å². The predicted octanol–water partition coefficient (Wildman–Crippen LogP) is 3.74. The van der Waals surface area contributed by atoms with Crippen LogP contribution < -0.4 is 5.32 Å². The first-order valence-electron chi connectivity index (χ1n) is 8.64. The summed E-state index contributed by atoms with van der Waals surface area (Å²) in [4.78, 5) is 13.5. The van der Waals surface area contributed by atoms with E-state index in [0.717, 1.165) is 42.4 Å². The molecule has 0 atom stereocenters. The van der Waals surface area contributed by atoms with Crippen molar-refractivity contribution in [2.75, 3.05) is 5.75 Å². The van der Waals surface area contributed by atoms with E-state index in [0.29, 0.717) is 11.8 Å². The van der Waals surface area contributed by atoms with Gasteiger partial charge in [0.15, 0.2) is 11.0 Å². The Morgan fingerprint density at radius 1 is 1.38 bits per heavy atom. The van der Waals surface area contributed by atoms with Crippen molar-refractivity contribution in [3.05, 3.63) is 16.3 Å². The van der Waals surface area contributed by atoms with Crippen LogP contribution in [0.5, 0.6) is 0 Å². The molecule has 3 rings (SSSR count). The zero-order valence-electron chi connectivity index (χ0n) is 14.2. The summed E-state index contributed by atoms with van der Waals surface area (Å²) in [5.41, 5.74) is 1.12. The predicted molar refractivity (Wildman–Crippen MR) is 99.5 cm³/mol. The standard InChI is InChI=1S/C17H24N4OS2/c1-3-14-9-12(10-23-14)16-19-20-17(21(16)4-2)24-11-15(22)18-13-7-5-6-8-13/h9-10,13H,3-8,11H2,1-2H3,(H,18,22). The number of thiophene rings is 1. The van der Waals surface area contributed by atoms with Crippen LogP contribution in [0.2, 0.25) is 0 Å². The summed E-state index contributed by atoms with van der Waals surface area (Å²) in [6, 6.07) is 2.55. The quantitative estimate of drug-likeness (QED) is 0.760. The van der Waals surface area contributed by atoms with Crippen LogP contribution in [-0.4, -0.2) is 32.5 Å². The van der Waals surface area contributed by atoms with Gasteiger partial charge in [-0.2, -0.15) is 0 Å². The lowest BCUT2D eigenvalue weighted by molar-refractivity contribution is -0.119. The number of amides is 1. The maximum Gasteiger partial charge on any atom is 0.230 e. The van der Waals surface area contributed by atoms with Gasteiger partial charge in [-0.15, -0.1) is 21.5 Å². The number of aromatic nitrogens is 3. The fourth-order valence-corrected chi connectivity index (χ4v) is 4.67. The average molecular weight is 365 g/mol. The topological polar surface area (TPSA) is 59.8 Å². The first-order valence-corrected chi connectivity index (χ1v) is 10.5. The SMILES string of the molecule is CCc1cc(-c2nnc(SCC(=O)NC3CCCC3)n2CC)cs1. The Balaban J connectivity index is 1.64. The van der Waals surface area contributed by atoms with E-state index in [-0.39, 0.29) is 5.91 Å². The highest BCUT2D eigenvalue weighted by atomic mass is 32.2. The summed E-state index contributed by atoms with van der Waals surface area (Å²) < 4.78 is 2.09. The third-order valence-electron chi connectivity index (χ3n) is 4.35. The molecule has 0 saturated heterocycles. The molecule has 24 heavy (non-hydrogen) atoms. The molecule has 0 unspecified atom stereocenters. The number of carbonyl (C=O) groups is 1. The van der Waals surface area contributed by atoms with Gasteiger partial charge in [0.25, 0.3) is 0 Å². The smallest absolute Gasteiger partial charge is 0.230 e. The van der Waals surface area contributed by atoms with E-state index in [1.807, 2.05) is 0 Å². The van der Waals surface area contributed by atoms with Gasteiger partial charge < -0.3 is 9.88 Å². The maximum absolute atomic E-state index is 12.1. The third kappa shape index (κ3) is 4.00. The zero-order valence-corrected chi connectivity index (χ0v) is 15.9. The lowest BCUT2D eigenvalue weighted by Crippen LogP contribution is -2.33. The molecule has 1 fully saturated rings. The third-order valence-corrected chi connectivity index (χ3v) is 6.39. The van der Waals surface area contributed by atoms with Crippen LogP contribution in [0.1, 0.15) is 44.4 Å². The highest BCUT2D eigenvalue weighted by molar-refractivity contribution is 7.99. The van der Waals surface area contributed by atoms with E-state index in [4.69, 9.17) is 0 Å². The number of aryl methyl sites for hydroxylation is 1. The summed E-state index contributed by atoms with van der Waals surface area (Å²) >= 11 is 3.23. The van der Waals surface area contributed by atoms with E-state index in [1.165, 1.54) is 29.5 Å². The van der Waals surface area contributed by atoms with Crippen molar-refractivity contribution in [2.45, 2.75) is 63.7 Å². The van der Waals surface area contributed by atoms with Crippen LogP contribution in [-0.2, 0) is 17.8 Å². The van der Waals surface area contributed by atoms with E-state index in [1.54, 1.807) is 11.3 Å². The number of nitrogens with zero attached hydrogens (tertiary/aromatic N) is 3. The molecule has 1 aliphatic rings. The van der Waals surface area contributed by atoms with E-state index >= 15 is 0 Å². The number of rotatable bonds is 7. The van der Waals surface area contributed by atoms with Crippen molar-refractivity contribution in [2.24, 2.45) is 0 Å². The Kier molecular flexibility index (Phi) is 5.94. The Hall–Kier alpha value is -1.34. The number of thioether (sulfide) groups is 1. The second-order valence-electron chi connectivity index (χ2n) is 6.04. The molecule has 1 amide bonds. The molecule has 1 saturated carbocycles. The van der Waals surface area contributed by atoms with Gasteiger partial charge in [-0.25, -0.2) is 0 Å². The van der Waals surface area contributed by atoms with Crippen molar-refractivity contribution in [3.8, 4) is 11.4 Å². The Labute approximate surface area is 151 Å². The molecule has 0 radical (unpaired) electrons. The number of carbonyl (C=O) groups excluding carboxylic acids is 1. The zero-order chi connectivity index (χ0) is 16.9. The minimum atomic E-state index is 0.0999. The fraction of sp³-hybridized carbons (Fsp3) is 0.588. The summed E-state index contributed by atoms with van der Waals surface area (Å²) in [5.74, 6) is 1.40. The van der Waals surface area contributed by atoms with Crippen molar-refractivity contribution in [1.29, 1.82) is 0 Å². The molecule has 2 heterocycles. The highest BCUT2D eigenvalue weighted by Gasteiger charge is 2.19. The van der Waals surface area contributed by atoms with Crippen LogP contribution in [0.25, 0.3) is 11.4 Å². The molecule has 0 spiro atoms. The molecule has 0 bridgehead atoms. The average Bonchev–Trinajstić information content (AvgIpc) is 3.32. The van der Waals surface area contributed by atoms with Gasteiger partial charge in [0.1, 0.15) is 0 Å². The van der Waals surface area contributed by atoms with E-state index < -0.39 is 0 Å². The van der Waals surface area contributed by atoms with E-state index in [9.17, 15) is 4.79 Å². The van der Waals surface area contributed by atoms with Gasteiger partial charge in [0, 0.05) is 28.4 Å². The maximum atomic E-state index is 12.1. The first-order chi connectivity index (χ1) is 11.7. The minimum absolute atomic E-state index is 0.0999. The van der Waals surface area contributed by atoms with Gasteiger partial charge >= 0.3 is 0 Å². The van der Waals surface area contributed by atoms with Gasteiger partial charge in [0.05, 0.1) is 5.75 Å². The Morgan fingerprint density at radius 3 is 2.83 bits per heavy atom. The molecular weight excluding hydrogens is 340 g/mol. The van der Waals surface area contributed by atoms with Gasteiger partial charge in [-0.05, 0) is 32.3 Å². The van der Waals surface area contributed by atoms with Crippen LogP contribution in [0.4, 0.5) is 0 Å². The Morgan fingerprint density at radius 2 is 2.17 bits per heavy atom. The lowest BCUT2D eigenvalue weighted by atomic mass is 10.2. The number of hydrogen-bond donors (Lipinski definition) is 1. The largest absolute Gasteiger partial charge is 0.353 e. The molecule has 2 aromatic rings. The highest BCUT2D eigenvalue weighted by Crippen LogP contribution is 2.28. The summed E-state index contributed by atoms with van der Waals surface area (Å²) in [7, 11) is 0. The van der Waals surface area contributed by atoms with Crippen LogP contribution in [0, 0.1) is 0 Å². The second kappa shape index (κ2) is 8.16. The Bertz CT molecular complexity index is 689. The van der Waals surface area contributed by atoms with Crippen molar-refractivity contribution in [1.82, 2.24) is 20.1 Å². The number of nitrogens with one attached hydrogen (secondary N) is 1. The molecular formula is C17H24N4OS2. The van der Waals surface area contributed by atoms with Crippen LogP contribution in [0.15, 0.2) is 16.6 Å². The second-order valence-corrected chi connectivity index (χ2v) is 7.98.